The third kappa shape index (κ3) is 4.01. The zero-order chi connectivity index (χ0) is 13.9. The summed E-state index contributed by atoms with van der Waals surface area (Å²) in [6.45, 7) is 0.370. The zero-order valence-electron chi connectivity index (χ0n) is 11.1. The lowest BCUT2D eigenvalue weighted by Crippen LogP contribution is -2.42. The number of rotatable bonds is 5. The van der Waals surface area contributed by atoms with E-state index in [1.807, 2.05) is 30.3 Å². The Bertz CT molecular complexity index is 504. The van der Waals surface area contributed by atoms with Crippen LogP contribution in [0.1, 0.15) is 24.8 Å². The summed E-state index contributed by atoms with van der Waals surface area (Å²) < 4.78 is 28.4. The molecular formula is C13H21N3O2S. The second-order valence-electron chi connectivity index (χ2n) is 5.13. The van der Waals surface area contributed by atoms with Crippen LogP contribution in [0.2, 0.25) is 0 Å². The van der Waals surface area contributed by atoms with Crippen molar-refractivity contribution in [2.24, 2.45) is 5.73 Å². The average Bonchev–Trinajstić information content (AvgIpc) is 2.75. The van der Waals surface area contributed by atoms with Crippen molar-refractivity contribution in [2.75, 3.05) is 7.05 Å². The molecule has 1 aliphatic carbocycles. The van der Waals surface area contributed by atoms with E-state index in [4.69, 9.17) is 5.73 Å². The molecule has 0 heterocycles. The molecule has 1 saturated carbocycles. The maximum atomic E-state index is 12.2. The molecule has 0 spiro atoms. The zero-order valence-corrected chi connectivity index (χ0v) is 11.9. The van der Waals surface area contributed by atoms with Crippen molar-refractivity contribution in [3.8, 4) is 0 Å². The molecule has 0 aliphatic heterocycles. The molecule has 19 heavy (non-hydrogen) atoms. The van der Waals surface area contributed by atoms with E-state index in [0.29, 0.717) is 6.54 Å². The highest BCUT2D eigenvalue weighted by Crippen LogP contribution is 2.18. The molecule has 1 aromatic rings. The summed E-state index contributed by atoms with van der Waals surface area (Å²) in [7, 11) is -1.85. The molecule has 106 valence electrons. The Morgan fingerprint density at radius 1 is 1.32 bits per heavy atom. The molecule has 6 heteroatoms. The van der Waals surface area contributed by atoms with Crippen LogP contribution in [0.4, 0.5) is 0 Å². The fourth-order valence-electron chi connectivity index (χ4n) is 2.35. The standard InChI is InChI=1S/C13H21N3O2S/c1-16(10-11-5-3-2-4-6-11)19(17,18)15-13-8-7-12(14)9-13/h2-6,12-13,15H,7-10,14H2,1H3/t12-,13-/m1/s1. The maximum absolute atomic E-state index is 12.2. The molecule has 1 aliphatic rings. The molecular weight excluding hydrogens is 262 g/mol. The van der Waals surface area contributed by atoms with Gasteiger partial charge < -0.3 is 5.73 Å². The summed E-state index contributed by atoms with van der Waals surface area (Å²) in [5, 5.41) is 0. The van der Waals surface area contributed by atoms with Crippen LogP contribution in [0.3, 0.4) is 0 Å². The van der Waals surface area contributed by atoms with E-state index in [1.165, 1.54) is 4.31 Å². The second kappa shape index (κ2) is 6.00. The molecule has 0 radical (unpaired) electrons. The highest BCUT2D eigenvalue weighted by molar-refractivity contribution is 7.87. The summed E-state index contributed by atoms with van der Waals surface area (Å²) in [6.07, 6.45) is 2.42. The number of nitrogens with two attached hydrogens (primary N) is 1. The molecule has 0 aromatic heterocycles. The van der Waals surface area contributed by atoms with Crippen LogP contribution < -0.4 is 10.5 Å². The van der Waals surface area contributed by atoms with E-state index < -0.39 is 10.2 Å². The van der Waals surface area contributed by atoms with E-state index in [-0.39, 0.29) is 12.1 Å². The van der Waals surface area contributed by atoms with Crippen LogP contribution in [0, 0.1) is 0 Å². The maximum Gasteiger partial charge on any atom is 0.279 e. The fourth-order valence-corrected chi connectivity index (χ4v) is 3.48. The lowest BCUT2D eigenvalue weighted by molar-refractivity contribution is 0.442. The summed E-state index contributed by atoms with van der Waals surface area (Å²) >= 11 is 0. The second-order valence-corrected chi connectivity index (χ2v) is 6.94. The molecule has 2 atom stereocenters. The predicted molar refractivity (Wildman–Crippen MR) is 75.6 cm³/mol. The number of hydrogen-bond acceptors (Lipinski definition) is 3. The van der Waals surface area contributed by atoms with Crippen LogP contribution in [0.5, 0.6) is 0 Å². The number of nitrogens with zero attached hydrogens (tertiary/aromatic N) is 1. The molecule has 2 rings (SSSR count). The molecule has 1 fully saturated rings. The minimum Gasteiger partial charge on any atom is -0.328 e. The van der Waals surface area contributed by atoms with Gasteiger partial charge in [0.05, 0.1) is 0 Å². The molecule has 0 saturated heterocycles. The predicted octanol–water partition coefficient (Wildman–Crippen LogP) is 0.833. The van der Waals surface area contributed by atoms with Gasteiger partial charge in [0, 0.05) is 25.7 Å². The quantitative estimate of drug-likeness (QED) is 0.840. The smallest absolute Gasteiger partial charge is 0.279 e. The molecule has 5 nitrogen and oxygen atoms in total. The Balaban J connectivity index is 1.95. The Labute approximate surface area is 115 Å². The summed E-state index contributed by atoms with van der Waals surface area (Å²) in [5.41, 5.74) is 6.77. The van der Waals surface area contributed by atoms with Gasteiger partial charge in [0.1, 0.15) is 0 Å². The van der Waals surface area contributed by atoms with Gasteiger partial charge in [-0.05, 0) is 24.8 Å². The summed E-state index contributed by atoms with van der Waals surface area (Å²) in [5.74, 6) is 0. The van der Waals surface area contributed by atoms with Crippen molar-refractivity contribution < 1.29 is 8.42 Å². The minimum atomic E-state index is -3.44. The van der Waals surface area contributed by atoms with E-state index >= 15 is 0 Å². The number of hydrogen-bond donors (Lipinski definition) is 2. The third-order valence-corrected chi connectivity index (χ3v) is 5.03. The van der Waals surface area contributed by atoms with Crippen LogP contribution in [-0.2, 0) is 16.8 Å². The van der Waals surface area contributed by atoms with Crippen molar-refractivity contribution in [2.45, 2.75) is 37.9 Å². The van der Waals surface area contributed by atoms with Crippen molar-refractivity contribution in [1.29, 1.82) is 0 Å². The largest absolute Gasteiger partial charge is 0.328 e. The first-order chi connectivity index (χ1) is 8.97. The van der Waals surface area contributed by atoms with Gasteiger partial charge in [-0.25, -0.2) is 0 Å². The Kier molecular flexibility index (Phi) is 4.57. The van der Waals surface area contributed by atoms with Gasteiger partial charge in [0.25, 0.3) is 10.2 Å². The van der Waals surface area contributed by atoms with Crippen molar-refractivity contribution in [3.05, 3.63) is 35.9 Å². The Morgan fingerprint density at radius 2 is 2.00 bits per heavy atom. The van der Waals surface area contributed by atoms with Gasteiger partial charge in [0.15, 0.2) is 0 Å². The van der Waals surface area contributed by atoms with Crippen molar-refractivity contribution in [3.63, 3.8) is 0 Å². The highest BCUT2D eigenvalue weighted by atomic mass is 32.2. The lowest BCUT2D eigenvalue weighted by Gasteiger charge is -2.20. The summed E-state index contributed by atoms with van der Waals surface area (Å²) in [6, 6.07) is 9.63. The fraction of sp³-hybridized carbons (Fsp3) is 0.538. The third-order valence-electron chi connectivity index (χ3n) is 3.45. The molecule has 0 amide bonds. The highest BCUT2D eigenvalue weighted by Gasteiger charge is 2.27. The molecule has 0 bridgehead atoms. The average molecular weight is 283 g/mol. The van der Waals surface area contributed by atoms with E-state index in [9.17, 15) is 8.42 Å². The van der Waals surface area contributed by atoms with Gasteiger partial charge >= 0.3 is 0 Å². The van der Waals surface area contributed by atoms with E-state index in [0.717, 1.165) is 24.8 Å². The molecule has 0 unspecified atom stereocenters. The van der Waals surface area contributed by atoms with Gasteiger partial charge in [0.2, 0.25) is 0 Å². The first-order valence-corrected chi connectivity index (χ1v) is 7.94. The normalized spacial score (nSPS) is 23.9. The van der Waals surface area contributed by atoms with Crippen LogP contribution in [0.15, 0.2) is 30.3 Å². The van der Waals surface area contributed by atoms with Gasteiger partial charge in [-0.15, -0.1) is 0 Å². The number of nitrogens with one attached hydrogen (secondary N) is 1. The Morgan fingerprint density at radius 3 is 2.58 bits per heavy atom. The first-order valence-electron chi connectivity index (χ1n) is 6.50. The topological polar surface area (TPSA) is 75.4 Å². The Hall–Kier alpha value is -0.950. The van der Waals surface area contributed by atoms with Crippen molar-refractivity contribution >= 4 is 10.2 Å². The van der Waals surface area contributed by atoms with E-state index in [1.54, 1.807) is 7.05 Å². The van der Waals surface area contributed by atoms with Crippen LogP contribution in [0.25, 0.3) is 0 Å². The van der Waals surface area contributed by atoms with Crippen molar-refractivity contribution in [1.82, 2.24) is 9.03 Å². The molecule has 3 N–H and O–H groups in total. The monoisotopic (exact) mass is 283 g/mol. The SMILES string of the molecule is CN(Cc1ccccc1)S(=O)(=O)N[C@@H]1CC[C@@H](N)C1. The summed E-state index contributed by atoms with van der Waals surface area (Å²) in [4.78, 5) is 0. The van der Waals surface area contributed by atoms with Gasteiger partial charge in [-0.1, -0.05) is 30.3 Å². The first kappa shape index (κ1) is 14.5. The van der Waals surface area contributed by atoms with Gasteiger partial charge in [-0.2, -0.15) is 17.4 Å². The minimum absolute atomic E-state index is 0.0294. The van der Waals surface area contributed by atoms with Crippen LogP contribution in [-0.4, -0.2) is 31.9 Å². The molecule has 1 aromatic carbocycles. The van der Waals surface area contributed by atoms with Crippen LogP contribution >= 0.6 is 0 Å². The lowest BCUT2D eigenvalue weighted by atomic mass is 10.2. The number of benzene rings is 1. The van der Waals surface area contributed by atoms with E-state index in [2.05, 4.69) is 4.72 Å². The van der Waals surface area contributed by atoms with Gasteiger partial charge in [-0.3, -0.25) is 0 Å².